The SMILES string of the molecule is O=C(N[C@@H]1CC[C@H]2CCOc3ccccc3C(=O)N3CCN(Cc4ccc(OC(F)(F)F)cc4)C[C@H]3C(=O)NC[C@H]1O2)C1CCOCC1. The van der Waals surface area contributed by atoms with Gasteiger partial charge in [0.1, 0.15) is 17.5 Å². The molecule has 6 rings (SSSR count). The van der Waals surface area contributed by atoms with Crippen molar-refractivity contribution in [3.05, 3.63) is 59.7 Å². The van der Waals surface area contributed by atoms with Crippen molar-refractivity contribution in [1.29, 1.82) is 0 Å². The minimum absolute atomic E-state index is 0.0336. The molecule has 0 saturated carbocycles. The number of amides is 3. The second-order valence-corrected chi connectivity index (χ2v) is 12.7. The van der Waals surface area contributed by atoms with Crippen molar-refractivity contribution in [2.75, 3.05) is 46.0 Å². The standard InChI is InChI=1S/C34H41F3N4O7/c35-34(36,37)48-25-7-5-22(6-8-25)20-40-14-15-41-28(21-40)32(43)38-19-30-27(39-31(42)23-11-16-45-17-12-23)10-9-24(47-30)13-18-46-29-4-2-1-3-26(29)33(41)44/h1-8,23-24,27-28,30H,9-21H2,(H,38,43)(H,39,42)/t24-,27+,28-,30+/m0/s1. The maximum Gasteiger partial charge on any atom is 0.573 e. The molecule has 2 bridgehead atoms. The molecule has 0 aromatic heterocycles. The highest BCUT2D eigenvalue weighted by Crippen LogP contribution is 2.28. The Morgan fingerprint density at radius 3 is 2.50 bits per heavy atom. The van der Waals surface area contributed by atoms with E-state index in [4.69, 9.17) is 14.2 Å². The van der Waals surface area contributed by atoms with Crippen LogP contribution in [0.5, 0.6) is 11.5 Å². The minimum atomic E-state index is -4.78. The Morgan fingerprint density at radius 2 is 1.73 bits per heavy atom. The van der Waals surface area contributed by atoms with Gasteiger partial charge in [-0.05, 0) is 55.5 Å². The smallest absolute Gasteiger partial charge is 0.493 e. The highest BCUT2D eigenvalue weighted by atomic mass is 19.4. The van der Waals surface area contributed by atoms with E-state index in [1.165, 1.54) is 12.1 Å². The molecule has 48 heavy (non-hydrogen) atoms. The number of hydrogen-bond acceptors (Lipinski definition) is 8. The molecule has 2 N–H and O–H groups in total. The molecule has 11 nitrogen and oxygen atoms in total. The molecule has 4 aliphatic heterocycles. The van der Waals surface area contributed by atoms with Crippen molar-refractivity contribution in [1.82, 2.24) is 20.4 Å². The number of rotatable bonds is 5. The second-order valence-electron chi connectivity index (χ2n) is 12.7. The molecule has 0 unspecified atom stereocenters. The van der Waals surface area contributed by atoms with Crippen LogP contribution >= 0.6 is 0 Å². The summed E-state index contributed by atoms with van der Waals surface area (Å²) < 4.78 is 59.8. The van der Waals surface area contributed by atoms with Crippen LogP contribution in [0.15, 0.2) is 48.5 Å². The van der Waals surface area contributed by atoms with Gasteiger partial charge in [0.2, 0.25) is 11.8 Å². The summed E-state index contributed by atoms with van der Waals surface area (Å²) in [6.45, 7) is 2.80. The van der Waals surface area contributed by atoms with E-state index in [0.717, 1.165) is 5.56 Å². The number of fused-ring (bicyclic) bond motifs is 4. The van der Waals surface area contributed by atoms with Crippen LogP contribution < -0.4 is 20.1 Å². The lowest BCUT2D eigenvalue weighted by Gasteiger charge is -2.42. The van der Waals surface area contributed by atoms with E-state index >= 15 is 0 Å². The van der Waals surface area contributed by atoms with Gasteiger partial charge in [-0.2, -0.15) is 0 Å². The number of carbonyl (C=O) groups excluding carboxylic acids is 3. The number of hydrogen-bond donors (Lipinski definition) is 2. The quantitative estimate of drug-likeness (QED) is 0.497. The van der Waals surface area contributed by atoms with E-state index in [1.807, 2.05) is 4.90 Å². The first-order valence-electron chi connectivity index (χ1n) is 16.5. The predicted octanol–water partition coefficient (Wildman–Crippen LogP) is 3.27. The van der Waals surface area contributed by atoms with Gasteiger partial charge < -0.3 is 34.5 Å². The number of carbonyl (C=O) groups is 3. The molecule has 4 atom stereocenters. The number of para-hydroxylation sites is 1. The van der Waals surface area contributed by atoms with Crippen LogP contribution in [0.4, 0.5) is 13.2 Å². The van der Waals surface area contributed by atoms with Crippen LogP contribution in [-0.2, 0) is 25.6 Å². The summed E-state index contributed by atoms with van der Waals surface area (Å²) in [6, 6.07) is 11.4. The normalized spacial score (nSPS) is 26.3. The lowest BCUT2D eigenvalue weighted by molar-refractivity contribution is -0.274. The first kappa shape index (κ1) is 34.0. The topological polar surface area (TPSA) is 119 Å². The molecule has 4 heterocycles. The summed E-state index contributed by atoms with van der Waals surface area (Å²) in [5.74, 6) is -0.738. The third-order valence-electron chi connectivity index (χ3n) is 9.42. The van der Waals surface area contributed by atoms with Crippen LogP contribution in [0, 0.1) is 5.92 Å². The van der Waals surface area contributed by atoms with E-state index in [-0.39, 0.29) is 61.2 Å². The monoisotopic (exact) mass is 674 g/mol. The Bertz CT molecular complexity index is 1440. The Balaban J connectivity index is 1.20. The fraction of sp³-hybridized carbons (Fsp3) is 0.559. The van der Waals surface area contributed by atoms with Crippen LogP contribution in [0.2, 0.25) is 0 Å². The number of benzene rings is 2. The first-order valence-corrected chi connectivity index (χ1v) is 16.5. The number of ether oxygens (including phenoxy) is 4. The van der Waals surface area contributed by atoms with Gasteiger partial charge in [0.05, 0.1) is 30.4 Å². The van der Waals surface area contributed by atoms with Gasteiger partial charge in [-0.3, -0.25) is 19.3 Å². The fourth-order valence-electron chi connectivity index (χ4n) is 6.84. The third-order valence-corrected chi connectivity index (χ3v) is 9.42. The van der Waals surface area contributed by atoms with Gasteiger partial charge >= 0.3 is 6.36 Å². The number of nitrogens with zero attached hydrogens (tertiary/aromatic N) is 2. The zero-order valence-corrected chi connectivity index (χ0v) is 26.6. The van der Waals surface area contributed by atoms with E-state index in [0.29, 0.717) is 76.3 Å². The van der Waals surface area contributed by atoms with Gasteiger partial charge in [0.25, 0.3) is 5.91 Å². The maximum atomic E-state index is 14.0. The van der Waals surface area contributed by atoms with Crippen molar-refractivity contribution in [2.45, 2.75) is 69.3 Å². The summed E-state index contributed by atoms with van der Waals surface area (Å²) in [5, 5.41) is 6.20. The Labute approximate surface area is 277 Å². The molecule has 14 heteroatoms. The lowest BCUT2D eigenvalue weighted by atomic mass is 9.94. The summed E-state index contributed by atoms with van der Waals surface area (Å²) in [5.41, 5.74) is 1.09. The molecule has 3 saturated heterocycles. The van der Waals surface area contributed by atoms with Crippen molar-refractivity contribution in [2.24, 2.45) is 5.92 Å². The van der Waals surface area contributed by atoms with E-state index < -0.39 is 18.5 Å². The zero-order valence-electron chi connectivity index (χ0n) is 26.6. The van der Waals surface area contributed by atoms with Crippen LogP contribution in [-0.4, -0.2) is 104 Å². The fourth-order valence-corrected chi connectivity index (χ4v) is 6.84. The summed E-state index contributed by atoms with van der Waals surface area (Å²) in [7, 11) is 0. The van der Waals surface area contributed by atoms with E-state index in [1.54, 1.807) is 41.3 Å². The van der Waals surface area contributed by atoms with Crippen LogP contribution in [0.1, 0.15) is 48.0 Å². The molecule has 0 radical (unpaired) electrons. The Morgan fingerprint density at radius 1 is 0.958 bits per heavy atom. The lowest BCUT2D eigenvalue weighted by Crippen LogP contribution is -2.62. The zero-order chi connectivity index (χ0) is 33.7. The highest BCUT2D eigenvalue weighted by molar-refractivity contribution is 6.00. The number of alkyl halides is 3. The number of nitrogens with one attached hydrogen (secondary N) is 2. The minimum Gasteiger partial charge on any atom is -0.493 e. The van der Waals surface area contributed by atoms with Gasteiger partial charge in [-0.25, -0.2) is 0 Å². The largest absolute Gasteiger partial charge is 0.573 e. The van der Waals surface area contributed by atoms with Gasteiger partial charge in [0, 0.05) is 58.3 Å². The molecule has 0 aliphatic carbocycles. The van der Waals surface area contributed by atoms with Gasteiger partial charge in [-0.15, -0.1) is 13.2 Å². The number of piperazine rings is 1. The van der Waals surface area contributed by atoms with E-state index in [9.17, 15) is 27.6 Å². The molecule has 4 aliphatic rings. The van der Waals surface area contributed by atoms with Gasteiger partial charge in [-0.1, -0.05) is 24.3 Å². The molecule has 3 fully saturated rings. The number of halogens is 3. The van der Waals surface area contributed by atoms with Crippen LogP contribution in [0.3, 0.4) is 0 Å². The summed E-state index contributed by atoms with van der Waals surface area (Å²) in [4.78, 5) is 44.6. The molecule has 260 valence electrons. The summed E-state index contributed by atoms with van der Waals surface area (Å²) in [6.07, 6.45) is -2.11. The van der Waals surface area contributed by atoms with Crippen molar-refractivity contribution >= 4 is 17.7 Å². The van der Waals surface area contributed by atoms with Gasteiger partial charge in [0.15, 0.2) is 0 Å². The first-order chi connectivity index (χ1) is 23.1. The van der Waals surface area contributed by atoms with Crippen molar-refractivity contribution in [3.8, 4) is 11.5 Å². The average molecular weight is 675 g/mol. The van der Waals surface area contributed by atoms with E-state index in [2.05, 4.69) is 15.4 Å². The maximum absolute atomic E-state index is 14.0. The van der Waals surface area contributed by atoms with Crippen LogP contribution in [0.25, 0.3) is 0 Å². The molecule has 2 aromatic rings. The molecule has 2 aromatic carbocycles. The summed E-state index contributed by atoms with van der Waals surface area (Å²) >= 11 is 0. The highest BCUT2D eigenvalue weighted by Gasteiger charge is 2.39. The molecular formula is C34H41F3N4O7. The molecule has 3 amide bonds. The molecule has 0 spiro atoms. The van der Waals surface area contributed by atoms with Crippen molar-refractivity contribution in [3.63, 3.8) is 0 Å². The predicted molar refractivity (Wildman–Crippen MR) is 166 cm³/mol. The Kier molecular flexibility index (Phi) is 10.7. The van der Waals surface area contributed by atoms with Crippen molar-refractivity contribution < 1.29 is 46.5 Å². The Hall–Kier alpha value is -3.88. The third kappa shape index (κ3) is 8.58. The molecular weight excluding hydrogens is 633 g/mol. The second kappa shape index (κ2) is 15.1. The average Bonchev–Trinajstić information content (AvgIpc) is 3.08.